The smallest absolute Gasteiger partial charge is 0.273 e. The predicted octanol–water partition coefficient (Wildman–Crippen LogP) is 3.44. The number of methoxy groups -OCH3 is 1. The molecule has 0 aliphatic carbocycles. The summed E-state index contributed by atoms with van der Waals surface area (Å²) >= 11 is 0. The van der Waals surface area contributed by atoms with Crippen LogP contribution in [0.1, 0.15) is 5.56 Å². The van der Waals surface area contributed by atoms with E-state index in [1.807, 2.05) is 0 Å². The van der Waals surface area contributed by atoms with Crippen LogP contribution in [0.2, 0.25) is 0 Å². The first-order valence-electron chi connectivity index (χ1n) is 9.10. The Morgan fingerprint density at radius 1 is 1.00 bits per heavy atom. The molecule has 0 bridgehead atoms. The van der Waals surface area contributed by atoms with E-state index in [9.17, 15) is 13.6 Å². The van der Waals surface area contributed by atoms with Gasteiger partial charge in [-0.05, 0) is 24.3 Å². The van der Waals surface area contributed by atoms with Crippen LogP contribution in [0, 0.1) is 11.6 Å². The number of aromatic nitrogens is 2. The molecule has 1 amide bonds. The van der Waals surface area contributed by atoms with Crippen LogP contribution in [0.25, 0.3) is 0 Å². The fourth-order valence-corrected chi connectivity index (χ4v) is 2.56. The summed E-state index contributed by atoms with van der Waals surface area (Å²) in [4.78, 5) is 24.4. The molecule has 9 nitrogen and oxygen atoms in total. The number of halogens is 2. The van der Waals surface area contributed by atoms with Crippen molar-refractivity contribution in [3.05, 3.63) is 66.0 Å². The number of amides is 1. The van der Waals surface area contributed by atoms with Crippen molar-refractivity contribution in [2.75, 3.05) is 21.3 Å². The molecule has 1 heterocycles. The minimum atomic E-state index is -1.05. The maximum atomic E-state index is 15.0. The number of likely N-dealkylation sites (N-methyl/N-ethyl adjacent to an activating group) is 1. The normalized spacial score (nSPS) is 11.0. The third-order valence-corrected chi connectivity index (χ3v) is 4.01. The average Bonchev–Trinajstić information content (AvgIpc) is 2.80. The van der Waals surface area contributed by atoms with E-state index in [0.29, 0.717) is 5.75 Å². The Morgan fingerprint density at radius 2 is 1.72 bits per heavy atom. The highest BCUT2D eigenvalue weighted by Crippen LogP contribution is 2.32. The second-order valence-electron chi connectivity index (χ2n) is 6.02. The molecule has 11 heteroatoms. The Morgan fingerprint density at radius 3 is 2.41 bits per heavy atom. The van der Waals surface area contributed by atoms with Crippen LogP contribution >= 0.6 is 0 Å². The van der Waals surface area contributed by atoms with Gasteiger partial charge in [0.1, 0.15) is 36.5 Å². The van der Waals surface area contributed by atoms with Gasteiger partial charge in [0.2, 0.25) is 5.82 Å². The molecule has 0 atom stereocenters. The van der Waals surface area contributed by atoms with Gasteiger partial charge < -0.3 is 24.4 Å². The van der Waals surface area contributed by atoms with E-state index < -0.39 is 29.3 Å². The van der Waals surface area contributed by atoms with E-state index in [1.165, 1.54) is 33.4 Å². The van der Waals surface area contributed by atoms with E-state index in [2.05, 4.69) is 20.4 Å². The van der Waals surface area contributed by atoms with Crippen molar-refractivity contribution in [2.45, 2.75) is 0 Å². The summed E-state index contributed by atoms with van der Waals surface area (Å²) in [6.45, 7) is 0. The number of carbonyl (C=O) groups excluding carboxylic acids is 1. The summed E-state index contributed by atoms with van der Waals surface area (Å²) in [6.07, 6.45) is 1.01. The van der Waals surface area contributed by atoms with E-state index in [-0.39, 0.29) is 22.8 Å². The van der Waals surface area contributed by atoms with Gasteiger partial charge >= 0.3 is 0 Å². The molecule has 2 aromatic carbocycles. The molecule has 0 spiro atoms. The topological polar surface area (TPSA) is 104 Å². The lowest BCUT2D eigenvalue weighted by Gasteiger charge is -2.13. The third kappa shape index (κ3) is 5.06. The number of hydrogen-bond acceptors (Lipinski definition) is 8. The standard InChI is InChI=1S/C21H18F2N4O5/c1-24-19(28)18(27-30-3)15-8-7-12(22)9-16(15)32-21-17(23)20(25-11-26-21)31-14-6-4-5-13(10-14)29-2/h4-11H,1-3H3,(H,24,28)/b27-18+. The van der Waals surface area contributed by atoms with Gasteiger partial charge in [0, 0.05) is 19.2 Å². The molecule has 0 saturated heterocycles. The summed E-state index contributed by atoms with van der Waals surface area (Å²) in [7, 11) is 4.09. The quantitative estimate of drug-likeness (QED) is 0.419. The zero-order valence-corrected chi connectivity index (χ0v) is 17.3. The van der Waals surface area contributed by atoms with Gasteiger partial charge in [0.15, 0.2) is 5.71 Å². The maximum absolute atomic E-state index is 15.0. The van der Waals surface area contributed by atoms with Crippen LogP contribution in [-0.4, -0.2) is 42.9 Å². The number of carbonyl (C=O) groups is 1. The summed E-state index contributed by atoms with van der Waals surface area (Å²) in [5.74, 6) is -2.83. The van der Waals surface area contributed by atoms with Crippen molar-refractivity contribution < 1.29 is 32.6 Å². The van der Waals surface area contributed by atoms with Gasteiger partial charge in [-0.15, -0.1) is 0 Å². The van der Waals surface area contributed by atoms with Gasteiger partial charge in [-0.25, -0.2) is 4.39 Å². The van der Waals surface area contributed by atoms with Crippen molar-refractivity contribution in [2.24, 2.45) is 5.16 Å². The van der Waals surface area contributed by atoms with Gasteiger partial charge in [-0.2, -0.15) is 14.4 Å². The van der Waals surface area contributed by atoms with Gasteiger partial charge in [0.05, 0.1) is 12.7 Å². The molecule has 0 unspecified atom stereocenters. The zero-order valence-electron chi connectivity index (χ0n) is 17.3. The van der Waals surface area contributed by atoms with Crippen molar-refractivity contribution in [1.82, 2.24) is 15.3 Å². The number of ether oxygens (including phenoxy) is 3. The summed E-state index contributed by atoms with van der Waals surface area (Å²) < 4.78 is 44.9. The third-order valence-electron chi connectivity index (χ3n) is 4.01. The Kier molecular flexibility index (Phi) is 7.11. The lowest BCUT2D eigenvalue weighted by Crippen LogP contribution is -2.29. The molecule has 32 heavy (non-hydrogen) atoms. The van der Waals surface area contributed by atoms with Crippen LogP contribution in [0.3, 0.4) is 0 Å². The number of nitrogens with one attached hydrogen (secondary N) is 1. The number of benzene rings is 2. The van der Waals surface area contributed by atoms with Crippen molar-refractivity contribution in [1.29, 1.82) is 0 Å². The van der Waals surface area contributed by atoms with E-state index >= 15 is 0 Å². The van der Waals surface area contributed by atoms with Crippen LogP contribution in [0.4, 0.5) is 8.78 Å². The van der Waals surface area contributed by atoms with Gasteiger partial charge in [0.25, 0.3) is 17.7 Å². The molecule has 3 aromatic rings. The summed E-state index contributed by atoms with van der Waals surface area (Å²) in [5.41, 5.74) is -0.173. The minimum absolute atomic E-state index is 0.0425. The van der Waals surface area contributed by atoms with E-state index in [4.69, 9.17) is 19.0 Å². The second kappa shape index (κ2) is 10.2. The molecule has 1 aromatic heterocycles. The average molecular weight is 444 g/mol. The second-order valence-corrected chi connectivity index (χ2v) is 6.02. The molecule has 0 aliphatic rings. The SMILES string of the molecule is CNC(=O)/C(=N/OC)c1ccc(F)cc1Oc1ncnc(Oc2cccc(OC)c2)c1F. The molecule has 1 N–H and O–H groups in total. The molecule has 0 fully saturated rings. The lowest BCUT2D eigenvalue weighted by molar-refractivity contribution is -0.114. The first kappa shape index (κ1) is 22.4. The Hall–Kier alpha value is -4.28. The van der Waals surface area contributed by atoms with Gasteiger partial charge in [-0.1, -0.05) is 11.2 Å². The van der Waals surface area contributed by atoms with Crippen molar-refractivity contribution in [3.8, 4) is 29.0 Å². The molecule has 3 rings (SSSR count). The first-order chi connectivity index (χ1) is 15.5. The predicted molar refractivity (Wildman–Crippen MR) is 109 cm³/mol. The highest BCUT2D eigenvalue weighted by atomic mass is 19.1. The first-order valence-corrected chi connectivity index (χ1v) is 9.10. The highest BCUT2D eigenvalue weighted by Gasteiger charge is 2.22. The molecule has 0 saturated carbocycles. The summed E-state index contributed by atoms with van der Waals surface area (Å²) in [6, 6.07) is 9.73. The highest BCUT2D eigenvalue weighted by molar-refractivity contribution is 6.45. The van der Waals surface area contributed by atoms with E-state index in [0.717, 1.165) is 18.5 Å². The van der Waals surface area contributed by atoms with Crippen LogP contribution in [0.5, 0.6) is 29.0 Å². The minimum Gasteiger partial charge on any atom is -0.497 e. The van der Waals surface area contributed by atoms with Gasteiger partial charge in [-0.3, -0.25) is 4.79 Å². The molecule has 0 aliphatic heterocycles. The fraction of sp³-hybridized carbons (Fsp3) is 0.143. The largest absolute Gasteiger partial charge is 0.497 e. The zero-order chi connectivity index (χ0) is 23.1. The van der Waals surface area contributed by atoms with Crippen molar-refractivity contribution in [3.63, 3.8) is 0 Å². The van der Waals surface area contributed by atoms with E-state index in [1.54, 1.807) is 18.2 Å². The molecule has 0 radical (unpaired) electrons. The Labute approximate surface area is 181 Å². The molecule has 166 valence electrons. The molecular weight excluding hydrogens is 426 g/mol. The van der Waals surface area contributed by atoms with Crippen LogP contribution < -0.4 is 19.5 Å². The van der Waals surface area contributed by atoms with Crippen molar-refractivity contribution >= 4 is 11.6 Å². The lowest BCUT2D eigenvalue weighted by atomic mass is 10.1. The monoisotopic (exact) mass is 444 g/mol. The number of oxime groups is 1. The Balaban J connectivity index is 1.97. The Bertz CT molecular complexity index is 1160. The van der Waals surface area contributed by atoms with Crippen LogP contribution in [0.15, 0.2) is 53.9 Å². The number of rotatable bonds is 8. The fourth-order valence-electron chi connectivity index (χ4n) is 2.56. The van der Waals surface area contributed by atoms with Crippen LogP contribution in [-0.2, 0) is 9.63 Å². The number of hydrogen-bond donors (Lipinski definition) is 1. The molecular formula is C21H18F2N4O5. The summed E-state index contributed by atoms with van der Waals surface area (Å²) in [5, 5.41) is 6.03. The maximum Gasteiger partial charge on any atom is 0.273 e. The number of nitrogens with zero attached hydrogens (tertiary/aromatic N) is 3.